The number of nitrogens with one attached hydrogen (secondary N) is 3. The van der Waals surface area contributed by atoms with Crippen LogP contribution in [0.2, 0.25) is 0 Å². The molecule has 11 heteroatoms. The molecule has 2 rings (SSSR count). The Labute approximate surface area is 170 Å². The normalized spacial score (nSPS) is 11.2. The van der Waals surface area contributed by atoms with Crippen LogP contribution in [0.25, 0.3) is 0 Å². The van der Waals surface area contributed by atoms with Crippen molar-refractivity contribution in [2.24, 2.45) is 0 Å². The molecule has 10 nitrogen and oxygen atoms in total. The summed E-state index contributed by atoms with van der Waals surface area (Å²) in [7, 11) is 1.36. The number of benzene rings is 1. The van der Waals surface area contributed by atoms with Gasteiger partial charge in [0.2, 0.25) is 12.0 Å². The van der Waals surface area contributed by atoms with Crippen LogP contribution < -0.4 is 16.0 Å². The molecule has 0 bridgehead atoms. The predicted molar refractivity (Wildman–Crippen MR) is 105 cm³/mol. The van der Waals surface area contributed by atoms with Gasteiger partial charge in [0.15, 0.2) is 5.82 Å². The van der Waals surface area contributed by atoms with Crippen molar-refractivity contribution in [2.45, 2.75) is 13.0 Å². The lowest BCUT2D eigenvalue weighted by molar-refractivity contribution is -0.153. The van der Waals surface area contributed by atoms with Gasteiger partial charge in [-0.1, -0.05) is 35.5 Å². The monoisotopic (exact) mass is 420 g/mol. The summed E-state index contributed by atoms with van der Waals surface area (Å²) in [6, 6.07) is 9.13. The Kier molecular flexibility index (Phi) is 8.22. The number of hydrogen-bond acceptors (Lipinski definition) is 8. The van der Waals surface area contributed by atoms with E-state index in [0.29, 0.717) is 11.3 Å². The summed E-state index contributed by atoms with van der Waals surface area (Å²) in [5.41, 5.74) is 0.409. The van der Waals surface area contributed by atoms with Gasteiger partial charge in [-0.15, -0.1) is 11.8 Å². The van der Waals surface area contributed by atoms with Gasteiger partial charge >= 0.3 is 12.0 Å². The van der Waals surface area contributed by atoms with Gasteiger partial charge in [-0.2, -0.15) is 0 Å². The number of amides is 4. The van der Waals surface area contributed by atoms with Crippen molar-refractivity contribution in [1.29, 1.82) is 0 Å². The number of carbonyl (C=O) groups excluding carboxylic acids is 4. The van der Waals surface area contributed by atoms with Gasteiger partial charge in [0.05, 0.1) is 11.5 Å². The van der Waals surface area contributed by atoms with Gasteiger partial charge < -0.3 is 19.9 Å². The third-order valence-corrected chi connectivity index (χ3v) is 4.31. The maximum atomic E-state index is 12.3. The number of esters is 1. The van der Waals surface area contributed by atoms with E-state index in [1.54, 1.807) is 43.3 Å². The number of anilines is 1. The maximum Gasteiger partial charge on any atom is 0.321 e. The Morgan fingerprint density at radius 3 is 2.52 bits per heavy atom. The number of nitrogens with zero attached hydrogens (tertiary/aromatic N) is 1. The standard InChI is InChI=1S/C18H20N4O6S/c1-11-8-13(22-28-11)20-14(23)9-29-10-15(24)27-16(12-6-4-3-5-7-12)17(25)21-18(26)19-2/h3-8,16H,9-10H2,1-2H3,(H,20,22,23)(H2,19,21,25,26)/t16-/m0/s1. The molecule has 2 aromatic rings. The lowest BCUT2D eigenvalue weighted by Gasteiger charge is -2.17. The van der Waals surface area contributed by atoms with Gasteiger partial charge in [-0.3, -0.25) is 19.7 Å². The van der Waals surface area contributed by atoms with E-state index in [9.17, 15) is 19.2 Å². The Morgan fingerprint density at radius 2 is 1.90 bits per heavy atom. The highest BCUT2D eigenvalue weighted by molar-refractivity contribution is 8.00. The van der Waals surface area contributed by atoms with Gasteiger partial charge in [0.1, 0.15) is 5.76 Å². The number of ether oxygens (including phenoxy) is 1. The highest BCUT2D eigenvalue weighted by Crippen LogP contribution is 2.19. The van der Waals surface area contributed by atoms with Crippen molar-refractivity contribution in [3.05, 3.63) is 47.7 Å². The Balaban J connectivity index is 1.87. The molecule has 1 aromatic carbocycles. The summed E-state index contributed by atoms with van der Waals surface area (Å²) < 4.78 is 10.1. The number of urea groups is 1. The second kappa shape index (κ2) is 10.9. The van der Waals surface area contributed by atoms with Gasteiger partial charge in [0, 0.05) is 18.7 Å². The van der Waals surface area contributed by atoms with Crippen molar-refractivity contribution < 1.29 is 28.4 Å². The fourth-order valence-corrected chi connectivity index (χ4v) is 2.73. The molecule has 0 aliphatic rings. The molecule has 1 heterocycles. The summed E-state index contributed by atoms with van der Waals surface area (Å²) in [5.74, 6) is -1.21. The molecule has 0 unspecified atom stereocenters. The van der Waals surface area contributed by atoms with Crippen LogP contribution in [0.3, 0.4) is 0 Å². The fraction of sp³-hybridized carbons (Fsp3) is 0.278. The minimum absolute atomic E-state index is 0.0263. The molecule has 0 saturated heterocycles. The van der Waals surface area contributed by atoms with E-state index in [0.717, 1.165) is 11.8 Å². The lowest BCUT2D eigenvalue weighted by Crippen LogP contribution is -2.41. The molecular weight excluding hydrogens is 400 g/mol. The van der Waals surface area contributed by atoms with E-state index in [1.807, 2.05) is 0 Å². The smallest absolute Gasteiger partial charge is 0.321 e. The van der Waals surface area contributed by atoms with E-state index in [4.69, 9.17) is 9.26 Å². The number of imide groups is 1. The summed E-state index contributed by atoms with van der Waals surface area (Å²) in [6.45, 7) is 1.69. The minimum atomic E-state index is -1.30. The number of carbonyl (C=O) groups is 4. The Morgan fingerprint density at radius 1 is 1.17 bits per heavy atom. The first-order valence-corrected chi connectivity index (χ1v) is 9.62. The van der Waals surface area contributed by atoms with Crippen LogP contribution in [-0.4, -0.2) is 47.5 Å². The van der Waals surface area contributed by atoms with Crippen molar-refractivity contribution >= 4 is 41.4 Å². The molecule has 29 heavy (non-hydrogen) atoms. The zero-order valence-electron chi connectivity index (χ0n) is 15.8. The van der Waals surface area contributed by atoms with Gasteiger partial charge in [0.25, 0.3) is 5.91 Å². The second-order valence-corrected chi connectivity index (χ2v) is 6.70. The van der Waals surface area contributed by atoms with Gasteiger partial charge in [-0.25, -0.2) is 4.79 Å². The van der Waals surface area contributed by atoms with Crippen LogP contribution in [0.15, 0.2) is 40.9 Å². The molecule has 1 aromatic heterocycles. The van der Waals surface area contributed by atoms with Crippen molar-refractivity contribution in [3.63, 3.8) is 0 Å². The van der Waals surface area contributed by atoms with Gasteiger partial charge in [-0.05, 0) is 6.92 Å². The molecule has 3 N–H and O–H groups in total. The lowest BCUT2D eigenvalue weighted by atomic mass is 10.1. The van der Waals surface area contributed by atoms with Crippen LogP contribution in [-0.2, 0) is 19.1 Å². The number of thioether (sulfide) groups is 1. The number of aryl methyl sites for hydroxylation is 1. The first-order valence-electron chi connectivity index (χ1n) is 8.47. The van der Waals surface area contributed by atoms with Crippen molar-refractivity contribution in [3.8, 4) is 0 Å². The first kappa shape index (κ1) is 22.0. The SMILES string of the molecule is CNC(=O)NC(=O)[C@@H](OC(=O)CSCC(=O)Nc1cc(C)on1)c1ccccc1. The molecule has 154 valence electrons. The maximum absolute atomic E-state index is 12.3. The molecule has 0 aliphatic carbocycles. The molecule has 4 amide bonds. The largest absolute Gasteiger partial charge is 0.447 e. The Bertz CT molecular complexity index is 870. The third-order valence-electron chi connectivity index (χ3n) is 3.40. The second-order valence-electron chi connectivity index (χ2n) is 5.71. The summed E-state index contributed by atoms with van der Waals surface area (Å²) in [6.07, 6.45) is -1.30. The van der Waals surface area contributed by atoms with E-state index in [1.165, 1.54) is 7.05 Å². The van der Waals surface area contributed by atoms with Crippen LogP contribution >= 0.6 is 11.8 Å². The zero-order chi connectivity index (χ0) is 21.2. The molecule has 1 atom stereocenters. The Hall–Kier alpha value is -3.34. The average Bonchev–Trinajstić information content (AvgIpc) is 3.11. The third kappa shape index (κ3) is 7.30. The van der Waals surface area contributed by atoms with E-state index in [2.05, 4.69) is 21.1 Å². The number of aromatic nitrogens is 1. The molecular formula is C18H20N4O6S. The summed E-state index contributed by atoms with van der Waals surface area (Å²) in [4.78, 5) is 47.7. The van der Waals surface area contributed by atoms with E-state index >= 15 is 0 Å². The van der Waals surface area contributed by atoms with Crippen LogP contribution in [0.5, 0.6) is 0 Å². The zero-order valence-corrected chi connectivity index (χ0v) is 16.6. The van der Waals surface area contributed by atoms with Crippen LogP contribution in [0, 0.1) is 6.92 Å². The average molecular weight is 420 g/mol. The predicted octanol–water partition coefficient (Wildman–Crippen LogP) is 1.39. The quantitative estimate of drug-likeness (QED) is 0.545. The summed E-state index contributed by atoms with van der Waals surface area (Å²) >= 11 is 1.01. The molecule has 0 aliphatic heterocycles. The van der Waals surface area contributed by atoms with Crippen LogP contribution in [0.1, 0.15) is 17.4 Å². The molecule has 0 fully saturated rings. The fourth-order valence-electron chi connectivity index (χ4n) is 2.14. The number of rotatable bonds is 8. The highest BCUT2D eigenvalue weighted by Gasteiger charge is 2.26. The minimum Gasteiger partial charge on any atom is -0.447 e. The van der Waals surface area contributed by atoms with Crippen LogP contribution in [0.4, 0.5) is 10.6 Å². The van der Waals surface area contributed by atoms with E-state index in [-0.39, 0.29) is 23.2 Å². The topological polar surface area (TPSA) is 140 Å². The molecule has 0 radical (unpaired) electrons. The first-order chi connectivity index (χ1) is 13.9. The highest BCUT2D eigenvalue weighted by atomic mass is 32.2. The van der Waals surface area contributed by atoms with E-state index < -0.39 is 24.0 Å². The molecule has 0 spiro atoms. The summed E-state index contributed by atoms with van der Waals surface area (Å²) in [5, 5.41) is 10.5. The number of hydrogen-bond donors (Lipinski definition) is 3. The van der Waals surface area contributed by atoms with Crippen molar-refractivity contribution in [2.75, 3.05) is 23.9 Å². The molecule has 0 saturated carbocycles. The van der Waals surface area contributed by atoms with Crippen molar-refractivity contribution in [1.82, 2.24) is 15.8 Å².